The minimum Gasteiger partial charge on any atom is -0.350 e. The maximum absolute atomic E-state index is 13.0. The molecule has 176 valence electrons. The number of carbonyl (C=O) groups is 4. The summed E-state index contributed by atoms with van der Waals surface area (Å²) < 4.78 is 3.72. The molecule has 9 nitrogen and oxygen atoms in total. The Morgan fingerprint density at radius 1 is 0.714 bits per heavy atom. The van der Waals surface area contributed by atoms with E-state index in [1.165, 1.54) is 13.8 Å². The second-order valence-electron chi connectivity index (χ2n) is 8.67. The smallest absolute Gasteiger partial charge is 0.259 e. The van der Waals surface area contributed by atoms with Crippen molar-refractivity contribution < 1.29 is 19.2 Å². The van der Waals surface area contributed by atoms with Gasteiger partial charge in [0.25, 0.3) is 11.8 Å². The maximum atomic E-state index is 13.0. The van der Waals surface area contributed by atoms with E-state index < -0.39 is 11.8 Å². The number of rotatable bonds is 4. The average molecular weight is 470 g/mol. The van der Waals surface area contributed by atoms with Crippen LogP contribution in [0.4, 0.5) is 11.4 Å². The first-order valence-corrected chi connectivity index (χ1v) is 11.0. The van der Waals surface area contributed by atoms with Gasteiger partial charge in [-0.15, -0.1) is 0 Å². The lowest BCUT2D eigenvalue weighted by Crippen LogP contribution is -2.22. The van der Waals surface area contributed by atoms with Gasteiger partial charge in [0.2, 0.25) is 11.8 Å². The van der Waals surface area contributed by atoms with Crippen LogP contribution in [0.15, 0.2) is 48.8 Å². The molecule has 0 saturated heterocycles. The van der Waals surface area contributed by atoms with Crippen molar-refractivity contribution in [2.45, 2.75) is 13.8 Å². The summed E-state index contributed by atoms with van der Waals surface area (Å²) in [6, 6.07) is 10.9. The van der Waals surface area contributed by atoms with Crippen molar-refractivity contribution in [2.24, 2.45) is 14.1 Å². The summed E-state index contributed by atoms with van der Waals surface area (Å²) in [5, 5.41) is 9.55. The molecule has 0 saturated carbocycles. The number of hydrogen-bond donors (Lipinski definition) is 3. The van der Waals surface area contributed by atoms with E-state index in [1.807, 2.05) is 59.9 Å². The van der Waals surface area contributed by atoms with Gasteiger partial charge in [-0.25, -0.2) is 0 Å². The number of hydrogen-bond acceptors (Lipinski definition) is 4. The van der Waals surface area contributed by atoms with Gasteiger partial charge in [-0.1, -0.05) is 12.1 Å². The quantitative estimate of drug-likeness (QED) is 0.398. The first-order chi connectivity index (χ1) is 16.6. The number of imide groups is 1. The molecular formula is C26H23N5O4. The third-order valence-electron chi connectivity index (χ3n) is 6.09. The molecule has 3 heterocycles. The second-order valence-corrected chi connectivity index (χ2v) is 8.67. The molecule has 0 radical (unpaired) electrons. The van der Waals surface area contributed by atoms with Crippen LogP contribution in [0, 0.1) is 0 Å². The first kappa shape index (κ1) is 22.1. The molecule has 35 heavy (non-hydrogen) atoms. The van der Waals surface area contributed by atoms with E-state index >= 15 is 0 Å². The summed E-state index contributed by atoms with van der Waals surface area (Å²) in [6.45, 7) is 2.88. The number of nitrogens with one attached hydrogen (secondary N) is 3. The van der Waals surface area contributed by atoms with E-state index in [9.17, 15) is 19.2 Å². The molecule has 0 spiro atoms. The van der Waals surface area contributed by atoms with Crippen molar-refractivity contribution in [3.8, 4) is 0 Å². The van der Waals surface area contributed by atoms with Crippen molar-refractivity contribution >= 4 is 68.0 Å². The number of nitrogens with zero attached hydrogens (tertiary/aromatic N) is 2. The highest BCUT2D eigenvalue weighted by atomic mass is 16.2. The standard InChI is InChI=1S/C26H23N5O4/c1-13(32)27-15-5-7-17-19(11-30(3)21(17)9-15)23-24(26(35)29-25(23)34)20-12-31(4)22-10-16(28-14(2)33)6-8-18(20)22/h5-12H,1-4H3,(H,27,32)(H,28,33)(H,29,34,35). The lowest BCUT2D eigenvalue weighted by molar-refractivity contribution is -0.123. The topological polar surface area (TPSA) is 114 Å². The van der Waals surface area contributed by atoms with Crippen LogP contribution in [-0.4, -0.2) is 32.8 Å². The van der Waals surface area contributed by atoms with E-state index in [0.29, 0.717) is 33.6 Å². The molecule has 2 aromatic heterocycles. The molecule has 0 bridgehead atoms. The molecule has 2 aromatic carbocycles. The molecule has 3 N–H and O–H groups in total. The molecule has 0 fully saturated rings. The normalized spacial score (nSPS) is 13.6. The van der Waals surface area contributed by atoms with Gasteiger partial charge in [0, 0.05) is 73.6 Å². The molecule has 4 aromatic rings. The first-order valence-electron chi connectivity index (χ1n) is 11.0. The summed E-state index contributed by atoms with van der Waals surface area (Å²) in [4.78, 5) is 49.0. The van der Waals surface area contributed by atoms with Gasteiger partial charge in [0.1, 0.15) is 0 Å². The Morgan fingerprint density at radius 3 is 1.49 bits per heavy atom. The van der Waals surface area contributed by atoms with E-state index in [2.05, 4.69) is 16.0 Å². The van der Waals surface area contributed by atoms with Crippen molar-refractivity contribution in [3.05, 3.63) is 59.9 Å². The fraction of sp³-hybridized carbons (Fsp3) is 0.154. The Bertz CT molecular complexity index is 1520. The predicted molar refractivity (Wildman–Crippen MR) is 134 cm³/mol. The summed E-state index contributed by atoms with van der Waals surface area (Å²) >= 11 is 0. The molecule has 0 aliphatic carbocycles. The fourth-order valence-electron chi connectivity index (χ4n) is 4.70. The third-order valence-corrected chi connectivity index (χ3v) is 6.09. The van der Waals surface area contributed by atoms with Crippen LogP contribution in [0.25, 0.3) is 33.0 Å². The number of fused-ring (bicyclic) bond motifs is 2. The number of benzene rings is 2. The number of carbonyl (C=O) groups excluding carboxylic acids is 4. The Kier molecular flexibility index (Phi) is 5.05. The number of amides is 4. The Hall–Kier alpha value is -4.66. The summed E-state index contributed by atoms with van der Waals surface area (Å²) in [5.74, 6) is -1.28. The fourth-order valence-corrected chi connectivity index (χ4v) is 4.70. The molecule has 0 atom stereocenters. The van der Waals surface area contributed by atoms with Gasteiger partial charge < -0.3 is 19.8 Å². The molecule has 0 unspecified atom stereocenters. The van der Waals surface area contributed by atoms with Crippen LogP contribution in [0.3, 0.4) is 0 Å². The highest BCUT2D eigenvalue weighted by molar-refractivity contribution is 6.50. The van der Waals surface area contributed by atoms with Crippen molar-refractivity contribution in [1.29, 1.82) is 0 Å². The largest absolute Gasteiger partial charge is 0.350 e. The lowest BCUT2D eigenvalue weighted by Gasteiger charge is -2.05. The zero-order valence-corrected chi connectivity index (χ0v) is 19.6. The predicted octanol–water partition coefficient (Wildman–Crippen LogP) is 3.15. The van der Waals surface area contributed by atoms with E-state index in [-0.39, 0.29) is 11.8 Å². The highest BCUT2D eigenvalue weighted by Crippen LogP contribution is 2.39. The molecular weight excluding hydrogens is 446 g/mol. The minimum absolute atomic E-state index is 0.179. The molecule has 4 amide bonds. The van der Waals surface area contributed by atoms with Crippen LogP contribution >= 0.6 is 0 Å². The SMILES string of the molecule is CC(=O)Nc1ccc2c(C3=C(c4cn(C)c5cc(NC(C)=O)ccc45)C(=O)NC3=O)cn(C)c2c1. The highest BCUT2D eigenvalue weighted by Gasteiger charge is 2.35. The van der Waals surface area contributed by atoms with Gasteiger partial charge in [-0.2, -0.15) is 0 Å². The second kappa shape index (κ2) is 7.98. The monoisotopic (exact) mass is 469 g/mol. The summed E-state index contributed by atoms with van der Waals surface area (Å²) in [7, 11) is 3.69. The lowest BCUT2D eigenvalue weighted by atomic mass is 9.95. The zero-order valence-electron chi connectivity index (χ0n) is 19.6. The molecule has 1 aliphatic heterocycles. The minimum atomic E-state index is -0.463. The van der Waals surface area contributed by atoms with Crippen molar-refractivity contribution in [2.75, 3.05) is 10.6 Å². The number of aryl methyl sites for hydroxylation is 2. The summed E-state index contributed by atoms with van der Waals surface area (Å²) in [6.07, 6.45) is 3.63. The molecule has 5 rings (SSSR count). The van der Waals surface area contributed by atoms with Gasteiger partial charge >= 0.3 is 0 Å². The number of aromatic nitrogens is 2. The Balaban J connectivity index is 1.72. The van der Waals surface area contributed by atoms with E-state index in [4.69, 9.17) is 0 Å². The van der Waals surface area contributed by atoms with Gasteiger partial charge in [-0.05, 0) is 24.3 Å². The van der Waals surface area contributed by atoms with Crippen molar-refractivity contribution in [1.82, 2.24) is 14.5 Å². The molecule has 1 aliphatic rings. The van der Waals surface area contributed by atoms with Crippen LogP contribution in [0.1, 0.15) is 25.0 Å². The van der Waals surface area contributed by atoms with Crippen molar-refractivity contribution in [3.63, 3.8) is 0 Å². The van der Waals surface area contributed by atoms with Crippen LogP contribution in [0.2, 0.25) is 0 Å². The van der Waals surface area contributed by atoms with E-state index in [0.717, 1.165) is 21.8 Å². The van der Waals surface area contributed by atoms with Crippen LogP contribution < -0.4 is 16.0 Å². The van der Waals surface area contributed by atoms with Crippen LogP contribution in [-0.2, 0) is 33.3 Å². The number of anilines is 2. The van der Waals surface area contributed by atoms with Gasteiger partial charge in [0.05, 0.1) is 22.2 Å². The summed E-state index contributed by atoms with van der Waals surface area (Å²) in [5.41, 5.74) is 4.75. The van der Waals surface area contributed by atoms with Crippen LogP contribution in [0.5, 0.6) is 0 Å². The Labute approximate surface area is 200 Å². The van der Waals surface area contributed by atoms with Gasteiger partial charge in [0.15, 0.2) is 0 Å². The van der Waals surface area contributed by atoms with Gasteiger partial charge in [-0.3, -0.25) is 24.5 Å². The molecule has 9 heteroatoms. The Morgan fingerprint density at radius 2 is 1.11 bits per heavy atom. The zero-order chi connectivity index (χ0) is 25.0. The average Bonchev–Trinajstić information content (AvgIpc) is 3.37. The van der Waals surface area contributed by atoms with E-state index in [1.54, 1.807) is 12.1 Å². The third kappa shape index (κ3) is 3.67. The maximum Gasteiger partial charge on any atom is 0.259 e.